The van der Waals surface area contributed by atoms with E-state index < -0.39 is 0 Å². The van der Waals surface area contributed by atoms with Crippen molar-refractivity contribution in [3.8, 4) is 0 Å². The summed E-state index contributed by atoms with van der Waals surface area (Å²) in [6, 6.07) is 10.5. The highest BCUT2D eigenvalue weighted by Crippen LogP contribution is 2.06. The number of nitrogens with one attached hydrogen (secondary N) is 1. The fourth-order valence-corrected chi connectivity index (χ4v) is 4.17. The summed E-state index contributed by atoms with van der Waals surface area (Å²) in [5.41, 5.74) is 1.27. The fourth-order valence-electron chi connectivity index (χ4n) is 4.17. The van der Waals surface area contributed by atoms with Crippen LogP contribution in [0.5, 0.6) is 0 Å². The maximum Gasteiger partial charge on any atom is 0.194 e. The Morgan fingerprint density at radius 2 is 1.65 bits per heavy atom. The van der Waals surface area contributed by atoms with Gasteiger partial charge in [-0.15, -0.1) is 0 Å². The highest BCUT2D eigenvalue weighted by Gasteiger charge is 2.18. The predicted octanol–water partition coefficient (Wildman–Crippen LogP) is 2.31. The van der Waals surface area contributed by atoms with Gasteiger partial charge in [0.2, 0.25) is 0 Å². The lowest BCUT2D eigenvalue weighted by molar-refractivity contribution is 0.152. The molecule has 2 aliphatic rings. The molecule has 0 radical (unpaired) electrons. The summed E-state index contributed by atoms with van der Waals surface area (Å²) in [5.74, 6) is 1.10. The zero-order valence-corrected chi connectivity index (χ0v) is 19.7. The molecule has 1 N–H and O–H groups in total. The SMILES string of the molecule is CCNC(=NCCCCN1CCN(C)CC1)N1CCN(C/C=C/c2ccccc2)CC1. The molecule has 172 valence electrons. The van der Waals surface area contributed by atoms with Crippen LogP contribution in [0.15, 0.2) is 41.4 Å². The number of likely N-dealkylation sites (N-methyl/N-ethyl adjacent to an activating group) is 1. The summed E-state index contributed by atoms with van der Waals surface area (Å²) in [5, 5.41) is 3.50. The van der Waals surface area contributed by atoms with Crippen LogP contribution < -0.4 is 5.32 Å². The second kappa shape index (κ2) is 13.5. The molecule has 2 heterocycles. The van der Waals surface area contributed by atoms with E-state index in [0.717, 1.165) is 51.8 Å². The first kappa shape index (κ1) is 23.8. The van der Waals surface area contributed by atoms with Gasteiger partial charge in [-0.3, -0.25) is 9.89 Å². The molecule has 0 aliphatic carbocycles. The van der Waals surface area contributed by atoms with Crippen LogP contribution in [-0.2, 0) is 0 Å². The van der Waals surface area contributed by atoms with Crippen LogP contribution in [-0.4, -0.2) is 111 Å². The molecule has 2 aliphatic heterocycles. The van der Waals surface area contributed by atoms with Gasteiger partial charge in [-0.2, -0.15) is 0 Å². The summed E-state index contributed by atoms with van der Waals surface area (Å²) in [4.78, 5) is 14.9. The van der Waals surface area contributed by atoms with Crippen molar-refractivity contribution >= 4 is 12.0 Å². The summed E-state index contributed by atoms with van der Waals surface area (Å²) in [6.07, 6.45) is 6.92. The number of benzene rings is 1. The van der Waals surface area contributed by atoms with Crippen molar-refractivity contribution in [3.63, 3.8) is 0 Å². The van der Waals surface area contributed by atoms with Crippen molar-refractivity contribution in [1.82, 2.24) is 24.9 Å². The number of unbranched alkanes of at least 4 members (excludes halogenated alkanes) is 1. The molecule has 0 saturated carbocycles. The first-order valence-electron chi connectivity index (χ1n) is 12.1. The lowest BCUT2D eigenvalue weighted by Gasteiger charge is -2.36. The Hall–Kier alpha value is -1.89. The van der Waals surface area contributed by atoms with Crippen molar-refractivity contribution in [3.05, 3.63) is 42.0 Å². The Bertz CT molecular complexity index is 658. The zero-order valence-electron chi connectivity index (χ0n) is 19.7. The number of hydrogen-bond donors (Lipinski definition) is 1. The molecular weight excluding hydrogens is 384 g/mol. The molecule has 1 aromatic carbocycles. The van der Waals surface area contributed by atoms with Crippen molar-refractivity contribution in [2.45, 2.75) is 19.8 Å². The molecule has 6 nitrogen and oxygen atoms in total. The van der Waals surface area contributed by atoms with Gasteiger partial charge >= 0.3 is 0 Å². The maximum absolute atomic E-state index is 4.93. The van der Waals surface area contributed by atoms with Crippen LogP contribution in [0.1, 0.15) is 25.3 Å². The summed E-state index contributed by atoms with van der Waals surface area (Å²) >= 11 is 0. The molecule has 0 bridgehead atoms. The fraction of sp³-hybridized carbons (Fsp3) is 0.640. The standard InChI is InChI=1S/C25H42N6/c1-3-26-25(27-13-7-8-14-29-18-16-28(2)17-19-29)31-22-20-30(21-23-31)15-9-12-24-10-5-4-6-11-24/h4-6,9-12H,3,7-8,13-23H2,1-2H3,(H,26,27)/b12-9+. The highest BCUT2D eigenvalue weighted by molar-refractivity contribution is 5.80. The van der Waals surface area contributed by atoms with E-state index in [-0.39, 0.29) is 0 Å². The van der Waals surface area contributed by atoms with Crippen molar-refractivity contribution in [1.29, 1.82) is 0 Å². The Labute approximate surface area is 189 Å². The molecule has 0 spiro atoms. The van der Waals surface area contributed by atoms with Gasteiger partial charge in [0.05, 0.1) is 0 Å². The molecule has 31 heavy (non-hydrogen) atoms. The van der Waals surface area contributed by atoms with Gasteiger partial charge in [-0.05, 0) is 38.9 Å². The van der Waals surface area contributed by atoms with Gasteiger partial charge in [0.25, 0.3) is 0 Å². The average molecular weight is 427 g/mol. The molecule has 2 saturated heterocycles. The third kappa shape index (κ3) is 8.63. The third-order valence-electron chi connectivity index (χ3n) is 6.22. The monoisotopic (exact) mass is 426 g/mol. The van der Waals surface area contributed by atoms with Crippen molar-refractivity contribution in [2.75, 3.05) is 85.6 Å². The highest BCUT2D eigenvalue weighted by atomic mass is 15.3. The van der Waals surface area contributed by atoms with Gasteiger partial charge in [-0.25, -0.2) is 0 Å². The van der Waals surface area contributed by atoms with Crippen molar-refractivity contribution < 1.29 is 0 Å². The molecule has 1 aromatic rings. The molecular formula is C25H42N6. The third-order valence-corrected chi connectivity index (χ3v) is 6.22. The quantitative estimate of drug-likeness (QED) is 0.373. The van der Waals surface area contributed by atoms with Gasteiger partial charge < -0.3 is 20.0 Å². The lowest BCUT2D eigenvalue weighted by Crippen LogP contribution is -2.52. The lowest BCUT2D eigenvalue weighted by atomic mass is 10.2. The van der Waals surface area contributed by atoms with Crippen LogP contribution >= 0.6 is 0 Å². The van der Waals surface area contributed by atoms with Crippen LogP contribution in [0.25, 0.3) is 6.08 Å². The Morgan fingerprint density at radius 3 is 2.35 bits per heavy atom. The van der Waals surface area contributed by atoms with E-state index in [4.69, 9.17) is 4.99 Å². The second-order valence-electron chi connectivity index (χ2n) is 8.69. The number of hydrogen-bond acceptors (Lipinski definition) is 4. The van der Waals surface area contributed by atoms with Crippen LogP contribution in [0.3, 0.4) is 0 Å². The Balaban J connectivity index is 1.34. The number of nitrogens with zero attached hydrogens (tertiary/aromatic N) is 5. The van der Waals surface area contributed by atoms with Gasteiger partial charge in [0, 0.05) is 72.0 Å². The van der Waals surface area contributed by atoms with E-state index in [0.29, 0.717) is 0 Å². The van der Waals surface area contributed by atoms with Gasteiger partial charge in [-0.1, -0.05) is 42.5 Å². The van der Waals surface area contributed by atoms with Gasteiger partial charge in [0.1, 0.15) is 0 Å². The van der Waals surface area contributed by atoms with E-state index in [1.165, 1.54) is 51.1 Å². The molecule has 3 rings (SSSR count). The normalized spacial score (nSPS) is 19.9. The van der Waals surface area contributed by atoms with Crippen LogP contribution in [0.4, 0.5) is 0 Å². The minimum absolute atomic E-state index is 0.927. The van der Waals surface area contributed by atoms with Crippen LogP contribution in [0.2, 0.25) is 0 Å². The van der Waals surface area contributed by atoms with Crippen molar-refractivity contribution in [2.24, 2.45) is 4.99 Å². The van der Waals surface area contributed by atoms with Crippen LogP contribution in [0, 0.1) is 0 Å². The topological polar surface area (TPSA) is 37.4 Å². The first-order valence-corrected chi connectivity index (χ1v) is 12.1. The first-order chi connectivity index (χ1) is 15.2. The summed E-state index contributed by atoms with van der Waals surface area (Å²) < 4.78 is 0. The number of rotatable bonds is 9. The number of guanidine groups is 1. The minimum Gasteiger partial charge on any atom is -0.357 e. The average Bonchev–Trinajstić information content (AvgIpc) is 2.81. The Morgan fingerprint density at radius 1 is 0.935 bits per heavy atom. The smallest absolute Gasteiger partial charge is 0.194 e. The number of piperazine rings is 2. The maximum atomic E-state index is 4.93. The van der Waals surface area contributed by atoms with E-state index in [2.05, 4.69) is 81.4 Å². The second-order valence-corrected chi connectivity index (χ2v) is 8.69. The van der Waals surface area contributed by atoms with Gasteiger partial charge in [0.15, 0.2) is 5.96 Å². The zero-order chi connectivity index (χ0) is 21.7. The largest absolute Gasteiger partial charge is 0.357 e. The van der Waals surface area contributed by atoms with E-state index in [1.807, 2.05) is 0 Å². The molecule has 0 aromatic heterocycles. The predicted molar refractivity (Wildman–Crippen MR) is 133 cm³/mol. The van der Waals surface area contributed by atoms with E-state index in [9.17, 15) is 0 Å². The van der Waals surface area contributed by atoms with E-state index >= 15 is 0 Å². The molecule has 0 amide bonds. The molecule has 0 unspecified atom stereocenters. The molecule has 2 fully saturated rings. The summed E-state index contributed by atoms with van der Waals surface area (Å²) in [7, 11) is 2.22. The Kier molecular flexibility index (Phi) is 10.4. The molecule has 0 atom stereocenters. The molecule has 6 heteroatoms. The summed E-state index contributed by atoms with van der Waals surface area (Å²) in [6.45, 7) is 15.4. The van der Waals surface area contributed by atoms with E-state index in [1.54, 1.807) is 0 Å². The minimum atomic E-state index is 0.927. The number of aliphatic imine (C=N–C) groups is 1.